The molecule has 178 valence electrons. The van der Waals surface area contributed by atoms with Crippen molar-refractivity contribution in [3.8, 4) is 5.69 Å². The molecule has 0 spiro atoms. The van der Waals surface area contributed by atoms with Crippen molar-refractivity contribution in [1.82, 2.24) is 19.8 Å². The van der Waals surface area contributed by atoms with Crippen LogP contribution in [0, 0.1) is 13.8 Å². The summed E-state index contributed by atoms with van der Waals surface area (Å²) in [6.45, 7) is 4.63. The van der Waals surface area contributed by atoms with E-state index in [1.807, 2.05) is 55.5 Å². The number of benzene rings is 1. The summed E-state index contributed by atoms with van der Waals surface area (Å²) in [4.78, 5) is 19.3. The molecule has 8 heteroatoms. The predicted octanol–water partition coefficient (Wildman–Crippen LogP) is 5.04. The van der Waals surface area contributed by atoms with Gasteiger partial charge in [0.2, 0.25) is 0 Å². The highest BCUT2D eigenvalue weighted by atomic mass is 32.1. The molecule has 4 heterocycles. The Balaban J connectivity index is 1.64. The zero-order valence-corrected chi connectivity index (χ0v) is 20.6. The molecule has 1 saturated heterocycles. The van der Waals surface area contributed by atoms with Crippen molar-refractivity contribution in [2.75, 3.05) is 7.11 Å². The molecule has 0 bridgehead atoms. The highest BCUT2D eigenvalue weighted by molar-refractivity contribution is 7.80. The molecule has 35 heavy (non-hydrogen) atoms. The van der Waals surface area contributed by atoms with Gasteiger partial charge in [-0.1, -0.05) is 18.2 Å². The molecule has 3 aromatic heterocycles. The van der Waals surface area contributed by atoms with Crippen LogP contribution in [0.25, 0.3) is 5.69 Å². The molecule has 7 nitrogen and oxygen atoms in total. The third-order valence-electron chi connectivity index (χ3n) is 6.44. The second-order valence-corrected chi connectivity index (χ2v) is 8.89. The number of hydrogen-bond donors (Lipinski definition) is 1. The fourth-order valence-corrected chi connectivity index (χ4v) is 5.20. The highest BCUT2D eigenvalue weighted by Gasteiger charge is 2.41. The quantitative estimate of drug-likeness (QED) is 0.302. The molecule has 1 aliphatic heterocycles. The number of rotatable bonds is 6. The van der Waals surface area contributed by atoms with Gasteiger partial charge < -0.3 is 23.9 Å². The lowest BCUT2D eigenvalue weighted by Gasteiger charge is -2.27. The number of thiocarbonyl (C=S) groups is 1. The minimum Gasteiger partial charge on any atom is -0.467 e. The topological polar surface area (TPSA) is 72.5 Å². The third kappa shape index (κ3) is 4.10. The molecule has 0 amide bonds. The number of carbonyl (C=O) groups excluding carboxylic acids is 1. The van der Waals surface area contributed by atoms with Crippen LogP contribution in [0.5, 0.6) is 0 Å². The van der Waals surface area contributed by atoms with Gasteiger partial charge >= 0.3 is 5.97 Å². The van der Waals surface area contributed by atoms with Crippen LogP contribution < -0.4 is 5.32 Å². The van der Waals surface area contributed by atoms with Gasteiger partial charge in [-0.2, -0.15) is 0 Å². The first-order valence-electron chi connectivity index (χ1n) is 11.4. The standard InChI is InChI=1S/C27H26N4O3S/c1-17-15-21(18(2)31(17)23-12-5-4-10-20(23)26(32)33-3)25-24(22-11-6-7-13-28-22)29-27(35)30(25)16-19-9-8-14-34-19/h4-15,24-25H,16H2,1-3H3,(H,29,35)/t24-,25-/m1/s1. The van der Waals surface area contributed by atoms with E-state index in [1.54, 1.807) is 18.5 Å². The van der Waals surface area contributed by atoms with Crippen molar-refractivity contribution >= 4 is 23.3 Å². The zero-order chi connectivity index (χ0) is 24.5. The number of nitrogens with one attached hydrogen (secondary N) is 1. The van der Waals surface area contributed by atoms with Crippen molar-refractivity contribution in [3.63, 3.8) is 0 Å². The fourth-order valence-electron chi connectivity index (χ4n) is 4.89. The van der Waals surface area contributed by atoms with E-state index in [2.05, 4.69) is 32.8 Å². The van der Waals surface area contributed by atoms with Gasteiger partial charge in [0, 0.05) is 17.6 Å². The van der Waals surface area contributed by atoms with Crippen molar-refractivity contribution in [2.45, 2.75) is 32.5 Å². The van der Waals surface area contributed by atoms with E-state index < -0.39 is 0 Å². The van der Waals surface area contributed by atoms with Gasteiger partial charge in [-0.25, -0.2) is 4.79 Å². The molecular weight excluding hydrogens is 460 g/mol. The SMILES string of the molecule is COC(=O)c1ccccc1-n1c(C)cc([C@@H]2[C@@H](c3ccccn3)NC(=S)N2Cc2ccco2)c1C. The second-order valence-electron chi connectivity index (χ2n) is 8.50. The maximum Gasteiger partial charge on any atom is 0.339 e. The molecule has 0 saturated carbocycles. The third-order valence-corrected chi connectivity index (χ3v) is 6.80. The molecule has 4 aromatic rings. The fraction of sp³-hybridized carbons (Fsp3) is 0.222. The summed E-state index contributed by atoms with van der Waals surface area (Å²) >= 11 is 5.79. The molecule has 0 aliphatic carbocycles. The molecule has 2 atom stereocenters. The summed E-state index contributed by atoms with van der Waals surface area (Å²) in [5, 5.41) is 4.13. The minimum absolute atomic E-state index is 0.132. The highest BCUT2D eigenvalue weighted by Crippen LogP contribution is 2.42. The average molecular weight is 487 g/mol. The Morgan fingerprint density at radius 1 is 1.14 bits per heavy atom. The maximum atomic E-state index is 12.5. The number of ether oxygens (including phenoxy) is 1. The lowest BCUT2D eigenvalue weighted by Crippen LogP contribution is -2.29. The number of furan rings is 1. The smallest absolute Gasteiger partial charge is 0.339 e. The van der Waals surface area contributed by atoms with Gasteiger partial charge in [-0.05, 0) is 74.1 Å². The summed E-state index contributed by atoms with van der Waals surface area (Å²) in [7, 11) is 1.40. The van der Waals surface area contributed by atoms with Crippen molar-refractivity contribution < 1.29 is 13.9 Å². The summed E-state index contributed by atoms with van der Waals surface area (Å²) in [5.41, 5.74) is 5.31. The van der Waals surface area contributed by atoms with Crippen LogP contribution in [-0.4, -0.2) is 32.6 Å². The molecular formula is C27H26N4O3S. The Labute approximate surface area is 209 Å². The van der Waals surface area contributed by atoms with Crippen LogP contribution in [0.2, 0.25) is 0 Å². The number of methoxy groups -OCH3 is 1. The molecule has 1 N–H and O–H groups in total. The number of aromatic nitrogens is 2. The number of hydrogen-bond acceptors (Lipinski definition) is 5. The van der Waals surface area contributed by atoms with Crippen LogP contribution in [0.4, 0.5) is 0 Å². The van der Waals surface area contributed by atoms with E-state index in [-0.39, 0.29) is 18.1 Å². The Morgan fingerprint density at radius 3 is 2.66 bits per heavy atom. The summed E-state index contributed by atoms with van der Waals surface area (Å²) in [5.74, 6) is 0.454. The Hall–Kier alpha value is -3.91. The lowest BCUT2D eigenvalue weighted by molar-refractivity contribution is 0.0600. The van der Waals surface area contributed by atoms with Crippen molar-refractivity contribution in [1.29, 1.82) is 0 Å². The summed E-state index contributed by atoms with van der Waals surface area (Å²) in [6, 6.07) is 19.1. The normalized spacial score (nSPS) is 17.5. The molecule has 1 aliphatic rings. The predicted molar refractivity (Wildman–Crippen MR) is 136 cm³/mol. The van der Waals surface area contributed by atoms with Crippen LogP contribution in [-0.2, 0) is 11.3 Å². The van der Waals surface area contributed by atoms with Crippen LogP contribution in [0.3, 0.4) is 0 Å². The molecule has 0 radical (unpaired) electrons. The van der Waals surface area contributed by atoms with Crippen LogP contribution in [0.1, 0.15) is 50.8 Å². The van der Waals surface area contributed by atoms with Gasteiger partial charge in [-0.15, -0.1) is 0 Å². The molecule has 1 aromatic carbocycles. The first-order valence-corrected chi connectivity index (χ1v) is 11.8. The van der Waals surface area contributed by atoms with Gasteiger partial charge in [0.05, 0.1) is 48.9 Å². The van der Waals surface area contributed by atoms with Crippen LogP contribution >= 0.6 is 12.2 Å². The van der Waals surface area contributed by atoms with Crippen molar-refractivity contribution in [2.24, 2.45) is 0 Å². The van der Waals surface area contributed by atoms with E-state index in [9.17, 15) is 4.79 Å². The average Bonchev–Trinajstić information content (AvgIpc) is 3.58. The summed E-state index contributed by atoms with van der Waals surface area (Å²) < 4.78 is 12.8. The van der Waals surface area contributed by atoms with E-state index in [0.29, 0.717) is 17.2 Å². The monoisotopic (exact) mass is 486 g/mol. The number of aryl methyl sites for hydroxylation is 1. The van der Waals surface area contributed by atoms with Gasteiger partial charge in [0.1, 0.15) is 5.76 Å². The number of nitrogens with zero attached hydrogens (tertiary/aromatic N) is 3. The number of esters is 1. The minimum atomic E-state index is -0.371. The first kappa shape index (κ1) is 22.9. The zero-order valence-electron chi connectivity index (χ0n) is 19.8. The summed E-state index contributed by atoms with van der Waals surface area (Å²) in [6.07, 6.45) is 3.46. The van der Waals surface area contributed by atoms with E-state index in [4.69, 9.17) is 21.4 Å². The molecule has 0 unspecified atom stereocenters. The number of para-hydroxylation sites is 1. The maximum absolute atomic E-state index is 12.5. The second kappa shape index (κ2) is 9.38. The molecule has 5 rings (SSSR count). The molecule has 1 fully saturated rings. The van der Waals surface area contributed by atoms with Crippen molar-refractivity contribution in [3.05, 3.63) is 107 Å². The number of pyridine rings is 1. The van der Waals surface area contributed by atoms with E-state index >= 15 is 0 Å². The van der Waals surface area contributed by atoms with Gasteiger partial charge in [0.25, 0.3) is 0 Å². The van der Waals surface area contributed by atoms with E-state index in [0.717, 1.165) is 34.1 Å². The first-order chi connectivity index (χ1) is 17.0. The van der Waals surface area contributed by atoms with Gasteiger partial charge in [0.15, 0.2) is 5.11 Å². The van der Waals surface area contributed by atoms with Gasteiger partial charge in [-0.3, -0.25) is 4.98 Å². The Kier molecular flexibility index (Phi) is 6.13. The van der Waals surface area contributed by atoms with E-state index in [1.165, 1.54) is 7.11 Å². The van der Waals surface area contributed by atoms with Crippen LogP contribution in [0.15, 0.2) is 77.5 Å². The lowest BCUT2D eigenvalue weighted by atomic mass is 9.96. The largest absolute Gasteiger partial charge is 0.467 e. The Bertz CT molecular complexity index is 1360. The number of carbonyl (C=O) groups is 1. The Morgan fingerprint density at radius 2 is 1.94 bits per heavy atom.